The van der Waals surface area contributed by atoms with E-state index < -0.39 is 0 Å². The molecule has 20 heavy (non-hydrogen) atoms. The van der Waals surface area contributed by atoms with Crippen LogP contribution >= 0.6 is 0 Å². The van der Waals surface area contributed by atoms with Gasteiger partial charge in [0.1, 0.15) is 0 Å². The summed E-state index contributed by atoms with van der Waals surface area (Å²) in [6.07, 6.45) is 5.04. The zero-order valence-corrected chi connectivity index (χ0v) is 12.1. The summed E-state index contributed by atoms with van der Waals surface area (Å²) in [5, 5.41) is 3.33. The fraction of sp³-hybridized carbons (Fsp3) is 0.867. The predicted molar refractivity (Wildman–Crippen MR) is 76.1 cm³/mol. The third kappa shape index (κ3) is 3.14. The van der Waals surface area contributed by atoms with Crippen LogP contribution in [0.5, 0.6) is 0 Å². The quantitative estimate of drug-likeness (QED) is 0.799. The Morgan fingerprint density at radius 1 is 0.800 bits per heavy atom. The van der Waals surface area contributed by atoms with Gasteiger partial charge in [0, 0.05) is 38.6 Å². The first-order chi connectivity index (χ1) is 9.75. The van der Waals surface area contributed by atoms with E-state index in [1.807, 2.05) is 9.80 Å². The van der Waals surface area contributed by atoms with Gasteiger partial charge < -0.3 is 15.1 Å². The molecule has 2 amide bonds. The molecule has 3 aliphatic rings. The molecule has 0 bridgehead atoms. The molecule has 0 aromatic rings. The maximum absolute atomic E-state index is 12.6. The maximum Gasteiger partial charge on any atom is 0.227 e. The van der Waals surface area contributed by atoms with Crippen molar-refractivity contribution < 1.29 is 9.59 Å². The van der Waals surface area contributed by atoms with E-state index in [2.05, 4.69) is 5.32 Å². The number of nitrogens with zero attached hydrogens (tertiary/aromatic N) is 2. The van der Waals surface area contributed by atoms with E-state index in [0.29, 0.717) is 12.5 Å². The molecule has 112 valence electrons. The third-order valence-electron chi connectivity index (χ3n) is 4.66. The second kappa shape index (κ2) is 6.12. The second-order valence-corrected chi connectivity index (χ2v) is 6.33. The van der Waals surface area contributed by atoms with E-state index in [-0.39, 0.29) is 17.7 Å². The molecule has 1 aliphatic carbocycles. The van der Waals surface area contributed by atoms with E-state index in [1.165, 1.54) is 0 Å². The van der Waals surface area contributed by atoms with Crippen LogP contribution in [0, 0.1) is 11.8 Å². The SMILES string of the molecule is O=C(C1CCCN(C(=O)C2CC2)C1)N1CCCNCC1. The van der Waals surface area contributed by atoms with Gasteiger partial charge in [0.15, 0.2) is 0 Å². The fourth-order valence-electron chi connectivity index (χ4n) is 3.29. The first kappa shape index (κ1) is 13.9. The summed E-state index contributed by atoms with van der Waals surface area (Å²) in [5.74, 6) is 0.859. The molecule has 1 unspecified atom stereocenters. The number of likely N-dealkylation sites (tertiary alicyclic amines) is 1. The zero-order valence-electron chi connectivity index (χ0n) is 12.1. The fourth-order valence-corrected chi connectivity index (χ4v) is 3.29. The highest BCUT2D eigenvalue weighted by Crippen LogP contribution is 2.32. The Morgan fingerprint density at radius 3 is 2.35 bits per heavy atom. The van der Waals surface area contributed by atoms with Crippen LogP contribution in [0.3, 0.4) is 0 Å². The van der Waals surface area contributed by atoms with E-state index in [1.54, 1.807) is 0 Å². The van der Waals surface area contributed by atoms with Crippen molar-refractivity contribution in [3.05, 3.63) is 0 Å². The van der Waals surface area contributed by atoms with Gasteiger partial charge in [-0.2, -0.15) is 0 Å². The highest BCUT2D eigenvalue weighted by Gasteiger charge is 2.37. The summed E-state index contributed by atoms with van der Waals surface area (Å²) in [6, 6.07) is 0. The van der Waals surface area contributed by atoms with Crippen LogP contribution < -0.4 is 5.32 Å². The summed E-state index contributed by atoms with van der Waals surface area (Å²) in [6.45, 7) is 5.06. The van der Waals surface area contributed by atoms with Crippen molar-refractivity contribution in [1.29, 1.82) is 0 Å². The average Bonchev–Trinajstić information content (AvgIpc) is 3.32. The Labute approximate surface area is 120 Å². The molecule has 1 N–H and O–H groups in total. The highest BCUT2D eigenvalue weighted by molar-refractivity contribution is 5.83. The predicted octanol–water partition coefficient (Wildman–Crippen LogP) is 0.457. The molecule has 1 atom stereocenters. The summed E-state index contributed by atoms with van der Waals surface area (Å²) in [4.78, 5) is 28.7. The molecule has 2 aliphatic heterocycles. The van der Waals surface area contributed by atoms with E-state index in [0.717, 1.165) is 64.8 Å². The Kier molecular flexibility index (Phi) is 4.24. The minimum Gasteiger partial charge on any atom is -0.342 e. The normalized spacial score (nSPS) is 28.1. The molecule has 0 aromatic heterocycles. The van der Waals surface area contributed by atoms with Gasteiger partial charge in [-0.15, -0.1) is 0 Å². The third-order valence-corrected chi connectivity index (χ3v) is 4.66. The topological polar surface area (TPSA) is 52.7 Å². The zero-order chi connectivity index (χ0) is 13.9. The van der Waals surface area contributed by atoms with Crippen LogP contribution in [-0.4, -0.2) is 60.9 Å². The largest absolute Gasteiger partial charge is 0.342 e. The molecule has 2 saturated heterocycles. The van der Waals surface area contributed by atoms with Crippen LogP contribution in [0.1, 0.15) is 32.1 Å². The Balaban J connectivity index is 1.57. The van der Waals surface area contributed by atoms with E-state index in [4.69, 9.17) is 0 Å². The molecule has 2 heterocycles. The number of piperidine rings is 1. The van der Waals surface area contributed by atoms with Gasteiger partial charge in [0.05, 0.1) is 5.92 Å². The summed E-state index contributed by atoms with van der Waals surface area (Å²) >= 11 is 0. The van der Waals surface area contributed by atoms with Crippen LogP contribution in [-0.2, 0) is 9.59 Å². The van der Waals surface area contributed by atoms with Gasteiger partial charge in [0.25, 0.3) is 0 Å². The molecule has 3 fully saturated rings. The van der Waals surface area contributed by atoms with Gasteiger partial charge in [-0.3, -0.25) is 9.59 Å². The molecule has 1 saturated carbocycles. The van der Waals surface area contributed by atoms with Crippen molar-refractivity contribution in [2.24, 2.45) is 11.8 Å². The molecular weight excluding hydrogens is 254 g/mol. The smallest absolute Gasteiger partial charge is 0.227 e. The number of hydrogen-bond acceptors (Lipinski definition) is 3. The number of hydrogen-bond donors (Lipinski definition) is 1. The summed E-state index contributed by atoms with van der Waals surface area (Å²) < 4.78 is 0. The van der Waals surface area contributed by atoms with Crippen molar-refractivity contribution in [3.63, 3.8) is 0 Å². The van der Waals surface area contributed by atoms with Gasteiger partial charge >= 0.3 is 0 Å². The number of amides is 2. The number of carbonyl (C=O) groups is 2. The minimum absolute atomic E-state index is 0.0320. The van der Waals surface area contributed by atoms with Crippen LogP contribution in [0.25, 0.3) is 0 Å². The van der Waals surface area contributed by atoms with Gasteiger partial charge in [-0.25, -0.2) is 0 Å². The second-order valence-electron chi connectivity index (χ2n) is 6.33. The highest BCUT2D eigenvalue weighted by atomic mass is 16.2. The molecule has 0 radical (unpaired) electrons. The first-order valence-corrected chi connectivity index (χ1v) is 8.04. The van der Waals surface area contributed by atoms with Gasteiger partial charge in [-0.1, -0.05) is 0 Å². The molecule has 5 nitrogen and oxygen atoms in total. The van der Waals surface area contributed by atoms with Crippen molar-refractivity contribution >= 4 is 11.8 Å². The van der Waals surface area contributed by atoms with E-state index >= 15 is 0 Å². The summed E-state index contributed by atoms with van der Waals surface area (Å²) in [5.41, 5.74) is 0. The van der Waals surface area contributed by atoms with Crippen molar-refractivity contribution in [2.45, 2.75) is 32.1 Å². The van der Waals surface area contributed by atoms with Gasteiger partial charge in [0.2, 0.25) is 11.8 Å². The van der Waals surface area contributed by atoms with Crippen LogP contribution in [0.2, 0.25) is 0 Å². The first-order valence-electron chi connectivity index (χ1n) is 8.04. The van der Waals surface area contributed by atoms with Crippen LogP contribution in [0.4, 0.5) is 0 Å². The molecule has 0 aromatic carbocycles. The number of carbonyl (C=O) groups excluding carboxylic acids is 2. The maximum atomic E-state index is 12.6. The monoisotopic (exact) mass is 279 g/mol. The number of nitrogens with one attached hydrogen (secondary N) is 1. The lowest BCUT2D eigenvalue weighted by Crippen LogP contribution is -2.47. The molecule has 5 heteroatoms. The Hall–Kier alpha value is -1.10. The van der Waals surface area contributed by atoms with Crippen molar-refractivity contribution in [3.8, 4) is 0 Å². The molecular formula is C15H25N3O2. The number of rotatable bonds is 2. The lowest BCUT2D eigenvalue weighted by atomic mass is 9.96. The lowest BCUT2D eigenvalue weighted by molar-refractivity contribution is -0.141. The van der Waals surface area contributed by atoms with Crippen LogP contribution in [0.15, 0.2) is 0 Å². The molecule has 3 rings (SSSR count). The van der Waals surface area contributed by atoms with E-state index in [9.17, 15) is 9.59 Å². The van der Waals surface area contributed by atoms with Gasteiger partial charge in [-0.05, 0) is 38.6 Å². The Bertz CT molecular complexity index is 373. The molecule has 0 spiro atoms. The standard InChI is InChI=1S/C15H25N3O2/c19-14(12-4-5-12)18-8-1-3-13(11-18)15(20)17-9-2-6-16-7-10-17/h12-13,16H,1-11H2. The minimum atomic E-state index is 0.0320. The average molecular weight is 279 g/mol. The Morgan fingerprint density at radius 2 is 1.55 bits per heavy atom. The van der Waals surface area contributed by atoms with Crippen molar-refractivity contribution in [1.82, 2.24) is 15.1 Å². The lowest BCUT2D eigenvalue weighted by Gasteiger charge is -2.34. The summed E-state index contributed by atoms with van der Waals surface area (Å²) in [7, 11) is 0. The van der Waals surface area contributed by atoms with Crippen molar-refractivity contribution in [2.75, 3.05) is 39.3 Å².